The fourth-order valence-corrected chi connectivity index (χ4v) is 6.77. The number of ether oxygens (including phenoxy) is 1. The molecule has 1 aliphatic carbocycles. The monoisotopic (exact) mass is 702 g/mol. The Hall–Kier alpha value is -4.80. The van der Waals surface area contributed by atoms with Crippen molar-refractivity contribution < 1.29 is 22.5 Å². The minimum Gasteiger partial charge on any atom is -0.484 e. The molecule has 1 unspecified atom stereocenters. The van der Waals surface area contributed by atoms with Gasteiger partial charge in [-0.15, -0.1) is 10.2 Å². The third-order valence-electron chi connectivity index (χ3n) is 9.10. The van der Waals surface area contributed by atoms with Crippen molar-refractivity contribution in [3.05, 3.63) is 77.9 Å². The molecule has 1 fully saturated rings. The number of carbonyl (C=O) groups excluding carboxylic acids is 1. The van der Waals surface area contributed by atoms with Crippen LogP contribution in [0, 0.1) is 0 Å². The highest BCUT2D eigenvalue weighted by Gasteiger charge is 2.30. The van der Waals surface area contributed by atoms with Crippen molar-refractivity contribution >= 4 is 34.8 Å². The fourth-order valence-electron chi connectivity index (χ4n) is 6.56. The second-order valence-electron chi connectivity index (χ2n) is 13.7. The number of hydrogen-bond acceptors (Lipinski definition) is 9. The summed E-state index contributed by atoms with van der Waals surface area (Å²) in [5, 5.41) is 24.1. The van der Waals surface area contributed by atoms with Crippen LogP contribution >= 0.6 is 0 Å². The van der Waals surface area contributed by atoms with Crippen molar-refractivity contribution in [1.82, 2.24) is 39.5 Å². The zero-order chi connectivity index (χ0) is 34.8. The van der Waals surface area contributed by atoms with E-state index in [4.69, 9.17) is 18.6 Å². The summed E-state index contributed by atoms with van der Waals surface area (Å²) in [5.74, 6) is 2.07. The zero-order valence-electron chi connectivity index (χ0n) is 28.4. The summed E-state index contributed by atoms with van der Waals surface area (Å²) in [7, 11) is 0. The van der Waals surface area contributed by atoms with E-state index in [2.05, 4.69) is 57.7 Å². The van der Waals surface area contributed by atoms with Crippen LogP contribution in [0.2, 0.25) is 0 Å². The van der Waals surface area contributed by atoms with Gasteiger partial charge in [0.25, 0.3) is 0 Å². The number of aromatic nitrogens is 7. The molecular formula is C34H42N10O5S. The Balaban J connectivity index is 1.06. The van der Waals surface area contributed by atoms with Crippen LogP contribution < -0.4 is 20.3 Å². The molecule has 1 aromatic carbocycles. The Morgan fingerprint density at radius 3 is 2.62 bits per heavy atom. The third kappa shape index (κ3) is 7.37. The van der Waals surface area contributed by atoms with Crippen molar-refractivity contribution in [3.8, 4) is 11.4 Å². The minimum absolute atomic E-state index is 0.00977. The van der Waals surface area contributed by atoms with E-state index in [1.165, 1.54) is 6.42 Å². The molecule has 0 radical (unpaired) electrons. The molecule has 1 aliphatic heterocycles. The van der Waals surface area contributed by atoms with E-state index in [0.29, 0.717) is 24.3 Å². The fraction of sp³-hybridized carbons (Fsp3) is 0.441. The molecule has 264 valence electrons. The van der Waals surface area contributed by atoms with Gasteiger partial charge in [-0.3, -0.25) is 23.1 Å². The molecule has 16 heteroatoms. The minimum atomic E-state index is -2.35. The molecule has 7 rings (SSSR count). The molecule has 5 aromatic rings. The van der Waals surface area contributed by atoms with Crippen molar-refractivity contribution in [2.24, 2.45) is 0 Å². The molecule has 3 N–H and O–H groups in total. The van der Waals surface area contributed by atoms with Gasteiger partial charge in [-0.25, -0.2) is 9.48 Å². The van der Waals surface area contributed by atoms with Crippen molar-refractivity contribution in [2.45, 2.75) is 77.0 Å². The molecule has 0 saturated carbocycles. The zero-order valence-corrected chi connectivity index (χ0v) is 29.2. The lowest BCUT2D eigenvalue weighted by molar-refractivity contribution is 0.171. The van der Waals surface area contributed by atoms with Crippen LogP contribution in [0.5, 0.6) is 5.75 Å². The summed E-state index contributed by atoms with van der Waals surface area (Å²) >= 11 is -2.35. The maximum atomic E-state index is 13.6. The average Bonchev–Trinajstić information content (AvgIpc) is 3.85. The number of pyridine rings is 1. The molecule has 2 aliphatic rings. The number of amides is 2. The highest BCUT2D eigenvalue weighted by Crippen LogP contribution is 2.39. The van der Waals surface area contributed by atoms with Gasteiger partial charge in [0.1, 0.15) is 23.4 Å². The maximum absolute atomic E-state index is 13.6. The Kier molecular flexibility index (Phi) is 9.57. The van der Waals surface area contributed by atoms with Gasteiger partial charge in [0.15, 0.2) is 5.65 Å². The first-order valence-electron chi connectivity index (χ1n) is 16.9. The highest BCUT2D eigenvalue weighted by molar-refractivity contribution is 7.74. The van der Waals surface area contributed by atoms with E-state index >= 15 is 0 Å². The number of hydrogen-bond donors (Lipinski definition) is 3. The van der Waals surface area contributed by atoms with Crippen LogP contribution in [-0.4, -0.2) is 68.6 Å². The van der Waals surface area contributed by atoms with Crippen molar-refractivity contribution in [2.75, 3.05) is 29.9 Å². The summed E-state index contributed by atoms with van der Waals surface area (Å²) in [5.41, 5.74) is 3.96. The SMILES string of the molecule is CC(C)(C)c1cc(NC(=O)N[C@H]2CC[C@@H](Oc3ccc4nnc(N5CCCCC5)n4c3)c3ccccc32)n(-c2cnn(CCOS(=O)O)c2)n1. The van der Waals surface area contributed by atoms with Crippen molar-refractivity contribution in [3.63, 3.8) is 0 Å². The molecular weight excluding hydrogens is 661 g/mol. The number of carbonyl (C=O) groups is 1. The smallest absolute Gasteiger partial charge is 0.320 e. The topological polar surface area (TPSA) is 166 Å². The number of nitrogens with one attached hydrogen (secondary N) is 2. The van der Waals surface area contributed by atoms with Crippen LogP contribution in [-0.2, 0) is 27.5 Å². The summed E-state index contributed by atoms with van der Waals surface area (Å²) in [6.07, 6.45) is 10.1. The predicted octanol–water partition coefficient (Wildman–Crippen LogP) is 5.33. The summed E-state index contributed by atoms with van der Waals surface area (Å²) in [6.45, 7) is 8.38. The Morgan fingerprint density at radius 1 is 1.04 bits per heavy atom. The number of urea groups is 1. The highest BCUT2D eigenvalue weighted by atomic mass is 32.2. The molecule has 4 aromatic heterocycles. The molecule has 5 heterocycles. The maximum Gasteiger partial charge on any atom is 0.320 e. The van der Waals surface area contributed by atoms with E-state index in [1.54, 1.807) is 21.8 Å². The Bertz CT molecular complexity index is 1990. The van der Waals surface area contributed by atoms with Gasteiger partial charge >= 0.3 is 17.4 Å². The van der Waals surface area contributed by atoms with Crippen LogP contribution in [0.15, 0.2) is 61.1 Å². The average molecular weight is 703 g/mol. The molecule has 1 saturated heterocycles. The molecule has 15 nitrogen and oxygen atoms in total. The number of piperidine rings is 1. The first kappa shape index (κ1) is 33.7. The van der Waals surface area contributed by atoms with Crippen LogP contribution in [0.3, 0.4) is 0 Å². The summed E-state index contributed by atoms with van der Waals surface area (Å²) in [4.78, 5) is 15.9. The van der Waals surface area contributed by atoms with Gasteiger partial charge in [0, 0.05) is 24.6 Å². The lowest BCUT2D eigenvalue weighted by atomic mass is 9.85. The lowest BCUT2D eigenvalue weighted by Crippen LogP contribution is -2.36. The van der Waals surface area contributed by atoms with E-state index < -0.39 is 11.4 Å². The first-order chi connectivity index (χ1) is 24.1. The molecule has 2 amide bonds. The Morgan fingerprint density at radius 2 is 1.84 bits per heavy atom. The van der Waals surface area contributed by atoms with Gasteiger partial charge in [-0.2, -0.15) is 14.4 Å². The van der Waals surface area contributed by atoms with Gasteiger partial charge in [-0.1, -0.05) is 45.0 Å². The first-order valence-corrected chi connectivity index (χ1v) is 18.0. The van der Waals surface area contributed by atoms with Crippen molar-refractivity contribution in [1.29, 1.82) is 0 Å². The third-order valence-corrected chi connectivity index (χ3v) is 9.47. The number of fused-ring (bicyclic) bond motifs is 2. The molecule has 0 bridgehead atoms. The number of benzene rings is 1. The largest absolute Gasteiger partial charge is 0.484 e. The van der Waals surface area contributed by atoms with Crippen LogP contribution in [0.25, 0.3) is 11.3 Å². The van der Waals surface area contributed by atoms with E-state index in [9.17, 15) is 9.00 Å². The van der Waals surface area contributed by atoms with E-state index in [0.717, 1.165) is 60.1 Å². The second kappa shape index (κ2) is 14.2. The molecule has 50 heavy (non-hydrogen) atoms. The number of rotatable bonds is 10. The normalized spacial score (nSPS) is 18.5. The quantitative estimate of drug-likeness (QED) is 0.162. The van der Waals surface area contributed by atoms with Gasteiger partial charge in [0.2, 0.25) is 5.95 Å². The summed E-state index contributed by atoms with van der Waals surface area (Å²) < 4.78 is 36.3. The van der Waals surface area contributed by atoms with E-state index in [1.807, 2.05) is 47.0 Å². The van der Waals surface area contributed by atoms with E-state index in [-0.39, 0.29) is 36.7 Å². The Labute approximate surface area is 292 Å². The second-order valence-corrected chi connectivity index (χ2v) is 14.4. The summed E-state index contributed by atoms with van der Waals surface area (Å²) in [6, 6.07) is 13.2. The van der Waals surface area contributed by atoms with Gasteiger partial charge in [0.05, 0.1) is 43.5 Å². The molecule has 3 atom stereocenters. The molecule has 0 spiro atoms. The lowest BCUT2D eigenvalue weighted by Gasteiger charge is -2.32. The number of anilines is 2. The predicted molar refractivity (Wildman–Crippen MR) is 188 cm³/mol. The number of nitrogens with zero attached hydrogens (tertiary/aromatic N) is 8. The standard InChI is InChI=1S/C34H42N10O5S/c1-34(2,3)29-19-31(44(40-29)23-20-35-42(21-23)17-18-48-50(46)47)37-32(45)36-27-12-13-28(26-10-6-5-9-25(26)27)49-24-11-14-30-38-39-33(43(30)22-24)41-15-7-4-8-16-41/h5-6,9-11,14,19-22,27-28H,4,7-8,12-13,15-18H2,1-3H3,(H,46,47)(H2,36,37,45)/t27-,28+/m0/s1. The van der Waals surface area contributed by atoms with Crippen LogP contribution in [0.1, 0.15) is 81.8 Å². The van der Waals surface area contributed by atoms with Gasteiger partial charge in [-0.05, 0) is 55.4 Å². The van der Waals surface area contributed by atoms with Crippen LogP contribution in [0.4, 0.5) is 16.6 Å². The van der Waals surface area contributed by atoms with Gasteiger partial charge < -0.3 is 15.0 Å².